The molecular formula is C16H18FN3O2S. The molecule has 1 saturated heterocycles. The number of ether oxygens (including phenoxy) is 1. The Labute approximate surface area is 137 Å². The number of piperidine rings is 1. The molecule has 2 heterocycles. The average Bonchev–Trinajstić information content (AvgIpc) is 3.04. The Morgan fingerprint density at radius 1 is 1.43 bits per heavy atom. The summed E-state index contributed by atoms with van der Waals surface area (Å²) in [7, 11) is 1.56. The monoisotopic (exact) mass is 335 g/mol. The van der Waals surface area contributed by atoms with Crippen molar-refractivity contribution in [2.75, 3.05) is 25.5 Å². The van der Waals surface area contributed by atoms with E-state index in [1.165, 1.54) is 23.5 Å². The van der Waals surface area contributed by atoms with Crippen LogP contribution in [0.1, 0.15) is 12.8 Å². The number of carbonyl (C=O) groups is 1. The van der Waals surface area contributed by atoms with Crippen LogP contribution in [0.4, 0.5) is 9.52 Å². The van der Waals surface area contributed by atoms with E-state index in [4.69, 9.17) is 4.74 Å². The molecule has 1 aliphatic heterocycles. The summed E-state index contributed by atoms with van der Waals surface area (Å²) in [5.74, 6) is -0.490. The first-order chi connectivity index (χ1) is 11.1. The summed E-state index contributed by atoms with van der Waals surface area (Å²) in [6, 6.07) is 6.23. The van der Waals surface area contributed by atoms with Crippen molar-refractivity contribution in [3.8, 4) is 11.3 Å². The minimum Gasteiger partial charge on any atom is -0.368 e. The van der Waals surface area contributed by atoms with Crippen molar-refractivity contribution in [2.45, 2.75) is 18.4 Å². The van der Waals surface area contributed by atoms with E-state index in [0.29, 0.717) is 29.2 Å². The zero-order valence-electron chi connectivity index (χ0n) is 12.8. The van der Waals surface area contributed by atoms with Gasteiger partial charge in [0.15, 0.2) is 5.13 Å². The van der Waals surface area contributed by atoms with Gasteiger partial charge in [0.2, 0.25) is 0 Å². The molecule has 0 unspecified atom stereocenters. The molecule has 5 nitrogen and oxygen atoms in total. The maximum atomic E-state index is 13.3. The summed E-state index contributed by atoms with van der Waals surface area (Å²) in [6.07, 6.45) is 1.24. The van der Waals surface area contributed by atoms with E-state index >= 15 is 0 Å². The Morgan fingerprint density at radius 3 is 2.91 bits per heavy atom. The number of anilines is 1. The maximum absolute atomic E-state index is 13.3. The van der Waals surface area contributed by atoms with Crippen LogP contribution in [0.25, 0.3) is 11.3 Å². The summed E-state index contributed by atoms with van der Waals surface area (Å²) in [5.41, 5.74) is 0.516. The number of hydrogen-bond acceptors (Lipinski definition) is 5. The Kier molecular flexibility index (Phi) is 4.70. The van der Waals surface area contributed by atoms with E-state index in [9.17, 15) is 9.18 Å². The van der Waals surface area contributed by atoms with E-state index in [2.05, 4.69) is 15.6 Å². The molecule has 1 aromatic heterocycles. The van der Waals surface area contributed by atoms with Gasteiger partial charge in [-0.25, -0.2) is 9.37 Å². The summed E-state index contributed by atoms with van der Waals surface area (Å²) in [6.45, 7) is 1.49. The van der Waals surface area contributed by atoms with E-state index in [1.807, 2.05) is 0 Å². The lowest BCUT2D eigenvalue weighted by atomic mass is 9.91. The molecule has 1 amide bonds. The van der Waals surface area contributed by atoms with Crippen LogP contribution in [0.2, 0.25) is 0 Å². The molecule has 3 rings (SSSR count). The first-order valence-corrected chi connectivity index (χ1v) is 8.30. The van der Waals surface area contributed by atoms with Gasteiger partial charge in [0.25, 0.3) is 5.91 Å². The number of aromatic nitrogens is 1. The molecule has 1 fully saturated rings. The Bertz CT molecular complexity index is 698. The van der Waals surface area contributed by atoms with E-state index in [-0.39, 0.29) is 11.7 Å². The van der Waals surface area contributed by atoms with Crippen LogP contribution in [0.5, 0.6) is 0 Å². The lowest BCUT2D eigenvalue weighted by Crippen LogP contribution is -2.51. The smallest absolute Gasteiger partial charge is 0.258 e. The van der Waals surface area contributed by atoms with Gasteiger partial charge in [-0.3, -0.25) is 10.1 Å². The minimum atomic E-state index is -0.810. The van der Waals surface area contributed by atoms with E-state index in [1.54, 1.807) is 24.6 Å². The maximum Gasteiger partial charge on any atom is 0.258 e. The number of hydrogen-bond donors (Lipinski definition) is 2. The summed E-state index contributed by atoms with van der Waals surface area (Å²) >= 11 is 1.32. The summed E-state index contributed by atoms with van der Waals surface area (Å²) < 4.78 is 18.8. The molecule has 0 radical (unpaired) electrons. The molecule has 2 N–H and O–H groups in total. The fourth-order valence-electron chi connectivity index (χ4n) is 2.68. The molecule has 7 heteroatoms. The zero-order valence-corrected chi connectivity index (χ0v) is 13.6. The molecule has 122 valence electrons. The first-order valence-electron chi connectivity index (χ1n) is 7.42. The molecule has 0 saturated carbocycles. The predicted octanol–water partition coefficient (Wildman–Crippen LogP) is 2.66. The third-order valence-corrected chi connectivity index (χ3v) is 4.82. The Balaban J connectivity index is 1.75. The van der Waals surface area contributed by atoms with Gasteiger partial charge in [-0.15, -0.1) is 11.3 Å². The Morgan fingerprint density at radius 2 is 2.22 bits per heavy atom. The van der Waals surface area contributed by atoms with Gasteiger partial charge in [0, 0.05) is 18.1 Å². The van der Waals surface area contributed by atoms with Crippen molar-refractivity contribution in [1.29, 1.82) is 0 Å². The third kappa shape index (κ3) is 3.41. The van der Waals surface area contributed by atoms with Gasteiger partial charge in [0.1, 0.15) is 11.4 Å². The molecular weight excluding hydrogens is 317 g/mol. The summed E-state index contributed by atoms with van der Waals surface area (Å²) in [5, 5.41) is 8.33. The molecule has 23 heavy (non-hydrogen) atoms. The average molecular weight is 335 g/mol. The molecule has 1 aliphatic rings. The molecule has 1 aromatic carbocycles. The number of nitrogens with one attached hydrogen (secondary N) is 2. The highest BCUT2D eigenvalue weighted by Crippen LogP contribution is 2.28. The number of methoxy groups -OCH3 is 1. The van der Waals surface area contributed by atoms with Crippen molar-refractivity contribution in [2.24, 2.45) is 0 Å². The quantitative estimate of drug-likeness (QED) is 0.902. The van der Waals surface area contributed by atoms with Crippen molar-refractivity contribution in [1.82, 2.24) is 10.3 Å². The second kappa shape index (κ2) is 6.74. The molecule has 0 spiro atoms. The second-order valence-electron chi connectivity index (χ2n) is 5.45. The second-order valence-corrected chi connectivity index (χ2v) is 6.31. The number of amides is 1. The topological polar surface area (TPSA) is 63.2 Å². The highest BCUT2D eigenvalue weighted by atomic mass is 32.1. The van der Waals surface area contributed by atoms with Crippen LogP contribution in [-0.4, -0.2) is 36.7 Å². The van der Waals surface area contributed by atoms with Crippen molar-refractivity contribution >= 4 is 22.4 Å². The van der Waals surface area contributed by atoms with Gasteiger partial charge >= 0.3 is 0 Å². The normalized spacial score (nSPS) is 17.0. The number of rotatable bonds is 4. The van der Waals surface area contributed by atoms with Crippen molar-refractivity contribution < 1.29 is 13.9 Å². The lowest BCUT2D eigenvalue weighted by molar-refractivity contribution is -0.140. The summed E-state index contributed by atoms with van der Waals surface area (Å²) in [4.78, 5) is 16.9. The predicted molar refractivity (Wildman–Crippen MR) is 88.0 cm³/mol. The number of carbonyl (C=O) groups excluding carboxylic acids is 1. The van der Waals surface area contributed by atoms with Crippen LogP contribution in [0.15, 0.2) is 29.6 Å². The van der Waals surface area contributed by atoms with E-state index < -0.39 is 5.60 Å². The lowest BCUT2D eigenvalue weighted by Gasteiger charge is -2.34. The van der Waals surface area contributed by atoms with E-state index in [0.717, 1.165) is 13.1 Å². The van der Waals surface area contributed by atoms with Gasteiger partial charge in [-0.05, 0) is 38.1 Å². The third-order valence-electron chi connectivity index (χ3n) is 4.06. The standard InChI is InChI=1S/C16H18FN3O2S/c1-22-16(5-7-18-8-6-16)14(21)20-15-19-13(10-23-15)11-3-2-4-12(17)9-11/h2-4,9-10,18H,5-8H2,1H3,(H,19,20,21). The number of nitrogens with zero attached hydrogens (tertiary/aromatic N) is 1. The van der Waals surface area contributed by atoms with Gasteiger partial charge in [-0.1, -0.05) is 12.1 Å². The van der Waals surface area contributed by atoms with Crippen molar-refractivity contribution in [3.63, 3.8) is 0 Å². The van der Waals surface area contributed by atoms with Crippen LogP contribution in [0.3, 0.4) is 0 Å². The number of benzene rings is 1. The molecule has 2 aromatic rings. The van der Waals surface area contributed by atoms with Crippen LogP contribution >= 0.6 is 11.3 Å². The fourth-order valence-corrected chi connectivity index (χ4v) is 3.39. The Hall–Kier alpha value is -1.83. The van der Waals surface area contributed by atoms with Gasteiger partial charge < -0.3 is 10.1 Å². The molecule has 0 aliphatic carbocycles. The van der Waals surface area contributed by atoms with Gasteiger partial charge in [-0.2, -0.15) is 0 Å². The van der Waals surface area contributed by atoms with Crippen LogP contribution in [0, 0.1) is 5.82 Å². The first kappa shape index (κ1) is 16.0. The number of thiazole rings is 1. The van der Waals surface area contributed by atoms with Gasteiger partial charge in [0.05, 0.1) is 5.69 Å². The van der Waals surface area contributed by atoms with Crippen LogP contribution < -0.4 is 10.6 Å². The minimum absolute atomic E-state index is 0.179. The largest absolute Gasteiger partial charge is 0.368 e. The highest BCUT2D eigenvalue weighted by Gasteiger charge is 2.40. The highest BCUT2D eigenvalue weighted by molar-refractivity contribution is 7.14. The van der Waals surface area contributed by atoms with Crippen LogP contribution in [-0.2, 0) is 9.53 Å². The zero-order chi connectivity index (χ0) is 16.3. The molecule has 0 bridgehead atoms. The fraction of sp³-hybridized carbons (Fsp3) is 0.375. The SMILES string of the molecule is COC1(C(=O)Nc2nc(-c3cccc(F)c3)cs2)CCNCC1. The molecule has 0 atom stereocenters. The number of halogens is 1. The van der Waals surface area contributed by atoms with Crippen molar-refractivity contribution in [3.05, 3.63) is 35.5 Å².